The number of carbonyl (C=O) groups excluding carboxylic acids is 2. The van der Waals surface area contributed by atoms with E-state index in [-0.39, 0.29) is 11.8 Å². The van der Waals surface area contributed by atoms with E-state index >= 15 is 0 Å². The van der Waals surface area contributed by atoms with E-state index in [0.29, 0.717) is 19.5 Å². The smallest absolute Gasteiger partial charge is 0.247 e. The maximum Gasteiger partial charge on any atom is 0.247 e. The number of benzene rings is 2. The van der Waals surface area contributed by atoms with Gasteiger partial charge in [0.15, 0.2) is 0 Å². The van der Waals surface area contributed by atoms with Crippen LogP contribution in [0, 0.1) is 3.57 Å². The molecule has 0 saturated heterocycles. The first-order valence-electron chi connectivity index (χ1n) is 8.55. The molecule has 2 aromatic rings. The molecule has 0 aromatic heterocycles. The van der Waals surface area contributed by atoms with Gasteiger partial charge >= 0.3 is 0 Å². The van der Waals surface area contributed by atoms with E-state index in [0.717, 1.165) is 31.1 Å². The zero-order valence-electron chi connectivity index (χ0n) is 14.3. The second kappa shape index (κ2) is 9.16. The highest BCUT2D eigenvalue weighted by Gasteiger charge is 2.36. The molecule has 2 amide bonds. The fourth-order valence-electron chi connectivity index (χ4n) is 3.19. The monoisotopic (exact) mass is 574 g/mol. The van der Waals surface area contributed by atoms with Crippen LogP contribution in [0.3, 0.4) is 0 Å². The second-order valence-electron chi connectivity index (χ2n) is 6.25. The molecule has 1 aliphatic heterocycles. The van der Waals surface area contributed by atoms with Gasteiger partial charge in [-0.2, -0.15) is 0 Å². The Labute approximate surface area is 181 Å². The van der Waals surface area contributed by atoms with E-state index in [4.69, 9.17) is 0 Å². The molecule has 2 aromatic carbocycles. The lowest BCUT2D eigenvalue weighted by Crippen LogP contribution is -2.47. The second-order valence-corrected chi connectivity index (χ2v) is 8.58. The molecule has 1 heterocycles. The van der Waals surface area contributed by atoms with Crippen molar-refractivity contribution in [2.45, 2.75) is 25.4 Å². The lowest BCUT2D eigenvalue weighted by atomic mass is 9.91. The Morgan fingerprint density at radius 2 is 1.88 bits per heavy atom. The van der Waals surface area contributed by atoms with Crippen molar-refractivity contribution in [1.29, 1.82) is 0 Å². The molecule has 0 saturated carbocycles. The predicted molar refractivity (Wildman–Crippen MR) is 119 cm³/mol. The summed E-state index contributed by atoms with van der Waals surface area (Å²) in [5.41, 5.74) is 2.95. The molecule has 0 radical (unpaired) electrons. The summed E-state index contributed by atoms with van der Waals surface area (Å²) in [7, 11) is 0. The molecule has 0 spiro atoms. The summed E-state index contributed by atoms with van der Waals surface area (Å²) in [6.07, 6.45) is 1.26. The van der Waals surface area contributed by atoms with Gasteiger partial charge in [0.2, 0.25) is 11.8 Å². The molecule has 4 nitrogen and oxygen atoms in total. The molecule has 0 bridgehead atoms. The summed E-state index contributed by atoms with van der Waals surface area (Å²) in [4.78, 5) is 27.4. The molecule has 1 aliphatic rings. The average Bonchev–Trinajstić information content (AvgIpc) is 2.65. The number of hydrogen-bond acceptors (Lipinski definition) is 2. The molecule has 26 heavy (non-hydrogen) atoms. The van der Waals surface area contributed by atoms with Gasteiger partial charge in [-0.3, -0.25) is 9.59 Å². The van der Waals surface area contributed by atoms with E-state index in [1.165, 1.54) is 0 Å². The number of amides is 2. The van der Waals surface area contributed by atoms with Crippen LogP contribution >= 0.6 is 45.2 Å². The van der Waals surface area contributed by atoms with Gasteiger partial charge in [0.1, 0.15) is 6.04 Å². The summed E-state index contributed by atoms with van der Waals surface area (Å²) in [5, 5.41) is 3.02. The highest BCUT2D eigenvalue weighted by Crippen LogP contribution is 2.31. The van der Waals surface area contributed by atoms with Crippen LogP contribution in [0.5, 0.6) is 0 Å². The van der Waals surface area contributed by atoms with Crippen molar-refractivity contribution in [2.75, 3.05) is 11.0 Å². The highest BCUT2D eigenvalue weighted by atomic mass is 127. The first-order valence-corrected chi connectivity index (χ1v) is 11.2. The Hall–Kier alpha value is -1.16. The minimum atomic E-state index is -0.542. The van der Waals surface area contributed by atoms with Gasteiger partial charge in [0, 0.05) is 21.1 Å². The van der Waals surface area contributed by atoms with Crippen molar-refractivity contribution in [3.05, 3.63) is 68.8 Å². The number of nitrogens with one attached hydrogen (secondary N) is 1. The number of nitrogens with zero attached hydrogens (tertiary/aromatic N) is 1. The zero-order valence-corrected chi connectivity index (χ0v) is 18.6. The van der Waals surface area contributed by atoms with Crippen molar-refractivity contribution in [2.24, 2.45) is 0 Å². The zero-order chi connectivity index (χ0) is 18.5. The Kier molecular flexibility index (Phi) is 6.91. The fraction of sp³-hybridized carbons (Fsp3) is 0.300. The standard InChI is InChI=1S/C20H20I2N2O2/c21-10-3-11-24-18(25)12-15-4-1-2-5-17(15)19(24)20(26)23-13-14-6-8-16(22)9-7-14/h1-2,4-9,19H,3,10-13H2,(H,23,26)/t19-/m1/s1. The van der Waals surface area contributed by atoms with Gasteiger partial charge in [0.05, 0.1) is 6.42 Å². The minimum absolute atomic E-state index is 0.0305. The first kappa shape index (κ1) is 19.6. The molecular weight excluding hydrogens is 554 g/mol. The quantitative estimate of drug-likeness (QED) is 0.421. The number of alkyl halides is 1. The summed E-state index contributed by atoms with van der Waals surface area (Å²) in [6, 6.07) is 15.3. The first-order chi connectivity index (χ1) is 12.6. The lowest BCUT2D eigenvalue weighted by Gasteiger charge is -2.36. The summed E-state index contributed by atoms with van der Waals surface area (Å²) in [6.45, 7) is 1.07. The SMILES string of the molecule is O=C(NCc1ccc(I)cc1)[C@H]1c2ccccc2CC(=O)N1CCCI. The molecule has 0 fully saturated rings. The van der Waals surface area contributed by atoms with Crippen LogP contribution in [0.2, 0.25) is 0 Å². The van der Waals surface area contributed by atoms with E-state index in [1.54, 1.807) is 4.90 Å². The fourth-order valence-corrected chi connectivity index (χ4v) is 3.89. The minimum Gasteiger partial charge on any atom is -0.350 e. The third-order valence-corrected chi connectivity index (χ3v) is 5.97. The van der Waals surface area contributed by atoms with Crippen molar-refractivity contribution in [3.63, 3.8) is 0 Å². The third kappa shape index (κ3) is 4.57. The number of rotatable bonds is 6. The molecule has 6 heteroatoms. The number of carbonyl (C=O) groups is 2. The van der Waals surface area contributed by atoms with Gasteiger partial charge in [0.25, 0.3) is 0 Å². The summed E-state index contributed by atoms with van der Waals surface area (Å²) >= 11 is 4.56. The van der Waals surface area contributed by atoms with E-state index in [9.17, 15) is 9.59 Å². The van der Waals surface area contributed by atoms with E-state index < -0.39 is 6.04 Å². The lowest BCUT2D eigenvalue weighted by molar-refractivity contribution is -0.141. The van der Waals surface area contributed by atoms with Crippen molar-refractivity contribution in [1.82, 2.24) is 10.2 Å². The van der Waals surface area contributed by atoms with Crippen LogP contribution in [0.25, 0.3) is 0 Å². The Morgan fingerprint density at radius 3 is 2.62 bits per heavy atom. The Morgan fingerprint density at radius 1 is 1.15 bits per heavy atom. The van der Waals surface area contributed by atoms with Gasteiger partial charge < -0.3 is 10.2 Å². The predicted octanol–water partition coefficient (Wildman–Crippen LogP) is 3.86. The Bertz CT molecular complexity index is 793. The van der Waals surface area contributed by atoms with E-state index in [1.807, 2.05) is 48.5 Å². The molecule has 1 N–H and O–H groups in total. The number of halogens is 2. The van der Waals surface area contributed by atoms with E-state index in [2.05, 4.69) is 50.5 Å². The van der Waals surface area contributed by atoms with Gasteiger partial charge in [-0.05, 0) is 57.8 Å². The van der Waals surface area contributed by atoms with Gasteiger partial charge in [-0.25, -0.2) is 0 Å². The van der Waals surface area contributed by atoms with Crippen LogP contribution < -0.4 is 5.32 Å². The van der Waals surface area contributed by atoms with Gasteiger partial charge in [-0.1, -0.05) is 59.0 Å². The average molecular weight is 574 g/mol. The molecule has 3 rings (SSSR count). The van der Waals surface area contributed by atoms with Crippen LogP contribution in [-0.4, -0.2) is 27.7 Å². The molecule has 0 unspecified atom stereocenters. The largest absolute Gasteiger partial charge is 0.350 e. The van der Waals surface area contributed by atoms with Crippen LogP contribution in [0.1, 0.15) is 29.2 Å². The molecule has 1 atom stereocenters. The normalized spacial score (nSPS) is 16.3. The maximum absolute atomic E-state index is 13.0. The van der Waals surface area contributed by atoms with Crippen LogP contribution in [-0.2, 0) is 22.6 Å². The number of hydrogen-bond donors (Lipinski definition) is 1. The Balaban J connectivity index is 1.81. The van der Waals surface area contributed by atoms with Crippen LogP contribution in [0.4, 0.5) is 0 Å². The van der Waals surface area contributed by atoms with Crippen molar-refractivity contribution >= 4 is 57.0 Å². The number of fused-ring (bicyclic) bond motifs is 1. The highest BCUT2D eigenvalue weighted by molar-refractivity contribution is 14.1. The van der Waals surface area contributed by atoms with Crippen molar-refractivity contribution in [3.8, 4) is 0 Å². The molecule has 136 valence electrons. The summed E-state index contributed by atoms with van der Waals surface area (Å²) < 4.78 is 2.12. The third-order valence-electron chi connectivity index (χ3n) is 4.48. The topological polar surface area (TPSA) is 49.4 Å². The van der Waals surface area contributed by atoms with Crippen molar-refractivity contribution < 1.29 is 9.59 Å². The molecule has 0 aliphatic carbocycles. The van der Waals surface area contributed by atoms with Crippen LogP contribution in [0.15, 0.2) is 48.5 Å². The van der Waals surface area contributed by atoms with Gasteiger partial charge in [-0.15, -0.1) is 0 Å². The maximum atomic E-state index is 13.0. The molecular formula is C20H20I2N2O2. The summed E-state index contributed by atoms with van der Waals surface area (Å²) in [5.74, 6) is -0.0829.